The van der Waals surface area contributed by atoms with Crippen LogP contribution in [0.5, 0.6) is 0 Å². The Bertz CT molecular complexity index is 258. The zero-order valence-electron chi connectivity index (χ0n) is 10.1. The number of nitrogens with two attached hydrogens (primary N) is 1. The molecule has 4 nitrogen and oxygen atoms in total. The molecule has 0 bridgehead atoms. The fourth-order valence-corrected chi connectivity index (χ4v) is 2.39. The Labute approximate surface area is 97.1 Å². The third kappa shape index (κ3) is 2.55. The minimum Gasteiger partial charge on any atom is -0.382 e. The first-order valence-corrected chi connectivity index (χ1v) is 6.30. The summed E-state index contributed by atoms with van der Waals surface area (Å²) in [6.07, 6.45) is 3.93. The molecule has 4 heteroatoms. The highest BCUT2D eigenvalue weighted by atomic mass is 16.5. The van der Waals surface area contributed by atoms with E-state index in [2.05, 4.69) is 0 Å². The predicted octanol–water partition coefficient (Wildman–Crippen LogP) is 0.753. The van der Waals surface area contributed by atoms with E-state index < -0.39 is 0 Å². The van der Waals surface area contributed by atoms with Gasteiger partial charge in [-0.3, -0.25) is 4.79 Å². The molecule has 2 rings (SSSR count). The summed E-state index contributed by atoms with van der Waals surface area (Å²) in [5.74, 6) is 0.918. The van der Waals surface area contributed by atoms with E-state index in [1.165, 1.54) is 12.8 Å². The van der Waals surface area contributed by atoms with E-state index in [0.29, 0.717) is 18.9 Å². The van der Waals surface area contributed by atoms with Crippen molar-refractivity contribution in [1.29, 1.82) is 0 Å². The normalized spacial score (nSPS) is 23.0. The van der Waals surface area contributed by atoms with Crippen LogP contribution in [-0.2, 0) is 9.53 Å². The van der Waals surface area contributed by atoms with Crippen molar-refractivity contribution in [3.63, 3.8) is 0 Å². The van der Waals surface area contributed by atoms with Crippen LogP contribution in [0.3, 0.4) is 0 Å². The molecule has 0 spiro atoms. The van der Waals surface area contributed by atoms with Gasteiger partial charge in [-0.15, -0.1) is 0 Å². The van der Waals surface area contributed by atoms with E-state index in [9.17, 15) is 4.79 Å². The van der Waals surface area contributed by atoms with Crippen molar-refractivity contribution in [3.8, 4) is 0 Å². The molecule has 2 aliphatic rings. The number of amides is 1. The maximum atomic E-state index is 11.7. The van der Waals surface area contributed by atoms with Gasteiger partial charge in [0.15, 0.2) is 0 Å². The molecule has 92 valence electrons. The molecule has 0 radical (unpaired) electrons. The molecule has 1 aliphatic carbocycles. The third-order valence-electron chi connectivity index (χ3n) is 3.60. The zero-order chi connectivity index (χ0) is 11.6. The van der Waals surface area contributed by atoms with Crippen LogP contribution in [0, 0.1) is 5.92 Å². The average Bonchev–Trinajstić information content (AvgIpc) is 3.03. The van der Waals surface area contributed by atoms with Crippen molar-refractivity contribution in [1.82, 2.24) is 4.90 Å². The lowest BCUT2D eigenvalue weighted by molar-refractivity contribution is -0.139. The minimum absolute atomic E-state index is 0.0461. The molecule has 0 aromatic heterocycles. The molecule has 2 N–H and O–H groups in total. The highest BCUT2D eigenvalue weighted by Crippen LogP contribution is 2.43. The number of rotatable bonds is 6. The Hall–Kier alpha value is -0.610. The van der Waals surface area contributed by atoms with Gasteiger partial charge in [0.2, 0.25) is 5.91 Å². The smallest absolute Gasteiger partial charge is 0.222 e. The van der Waals surface area contributed by atoms with Crippen molar-refractivity contribution in [3.05, 3.63) is 0 Å². The summed E-state index contributed by atoms with van der Waals surface area (Å²) in [7, 11) is 0. The monoisotopic (exact) mass is 226 g/mol. The Morgan fingerprint density at radius 1 is 1.50 bits per heavy atom. The van der Waals surface area contributed by atoms with Crippen LogP contribution in [-0.4, -0.2) is 42.6 Å². The molecule has 1 heterocycles. The number of carbonyl (C=O) groups excluding carboxylic acids is 1. The molecule has 0 atom stereocenters. The summed E-state index contributed by atoms with van der Waals surface area (Å²) in [5, 5.41) is 0. The second-order valence-corrected chi connectivity index (χ2v) is 5.06. The van der Waals surface area contributed by atoms with Crippen molar-refractivity contribution in [2.24, 2.45) is 11.7 Å². The first-order valence-electron chi connectivity index (χ1n) is 6.30. The highest BCUT2D eigenvalue weighted by molar-refractivity contribution is 5.77. The van der Waals surface area contributed by atoms with Gasteiger partial charge in [-0.25, -0.2) is 0 Å². The number of carbonyl (C=O) groups is 1. The largest absolute Gasteiger partial charge is 0.382 e. The first kappa shape index (κ1) is 11.9. The fourth-order valence-electron chi connectivity index (χ4n) is 2.39. The zero-order valence-corrected chi connectivity index (χ0v) is 10.1. The molecule has 0 unspecified atom stereocenters. The van der Waals surface area contributed by atoms with Gasteiger partial charge >= 0.3 is 0 Å². The van der Waals surface area contributed by atoms with E-state index in [1.54, 1.807) is 0 Å². The van der Waals surface area contributed by atoms with Gasteiger partial charge in [0.25, 0.3) is 0 Å². The van der Waals surface area contributed by atoms with E-state index in [-0.39, 0.29) is 11.4 Å². The Kier molecular flexibility index (Phi) is 3.50. The number of hydrogen-bond acceptors (Lipinski definition) is 3. The van der Waals surface area contributed by atoms with Crippen LogP contribution >= 0.6 is 0 Å². The number of nitrogens with zero attached hydrogens (tertiary/aromatic N) is 1. The lowest BCUT2D eigenvalue weighted by Gasteiger charge is -2.48. The molecule has 1 saturated carbocycles. The van der Waals surface area contributed by atoms with Gasteiger partial charge < -0.3 is 15.4 Å². The molecule has 0 aromatic rings. The lowest BCUT2D eigenvalue weighted by atomic mass is 9.85. The maximum Gasteiger partial charge on any atom is 0.222 e. The SMILES string of the molecule is CCOCCCC(=O)N1CC(N)(C2CC2)C1. The molecular weight excluding hydrogens is 204 g/mol. The lowest BCUT2D eigenvalue weighted by Crippen LogP contribution is -2.69. The molecule has 16 heavy (non-hydrogen) atoms. The molecular formula is C12H22N2O2. The van der Waals surface area contributed by atoms with Crippen LogP contribution in [0.15, 0.2) is 0 Å². The van der Waals surface area contributed by atoms with Crippen molar-refractivity contribution < 1.29 is 9.53 Å². The van der Waals surface area contributed by atoms with E-state index in [0.717, 1.165) is 26.1 Å². The highest BCUT2D eigenvalue weighted by Gasteiger charge is 2.51. The van der Waals surface area contributed by atoms with Gasteiger partial charge in [-0.05, 0) is 32.1 Å². The van der Waals surface area contributed by atoms with E-state index >= 15 is 0 Å². The van der Waals surface area contributed by atoms with Crippen molar-refractivity contribution in [2.75, 3.05) is 26.3 Å². The van der Waals surface area contributed by atoms with Crippen LogP contribution in [0.2, 0.25) is 0 Å². The summed E-state index contributed by atoms with van der Waals surface area (Å²) in [6.45, 7) is 4.92. The Morgan fingerprint density at radius 2 is 2.19 bits per heavy atom. The topological polar surface area (TPSA) is 55.6 Å². The molecule has 1 aliphatic heterocycles. The number of likely N-dealkylation sites (tertiary alicyclic amines) is 1. The second-order valence-electron chi connectivity index (χ2n) is 5.06. The first-order chi connectivity index (χ1) is 7.65. The minimum atomic E-state index is -0.0461. The average molecular weight is 226 g/mol. The quantitative estimate of drug-likeness (QED) is 0.680. The number of hydrogen-bond donors (Lipinski definition) is 1. The summed E-state index contributed by atoms with van der Waals surface area (Å²) in [4.78, 5) is 13.6. The van der Waals surface area contributed by atoms with E-state index in [1.807, 2.05) is 11.8 Å². The summed E-state index contributed by atoms with van der Waals surface area (Å²) >= 11 is 0. The van der Waals surface area contributed by atoms with Crippen LogP contribution in [0.4, 0.5) is 0 Å². The molecule has 1 amide bonds. The van der Waals surface area contributed by atoms with Gasteiger partial charge in [-0.1, -0.05) is 0 Å². The van der Waals surface area contributed by atoms with Gasteiger partial charge in [0, 0.05) is 32.7 Å². The number of ether oxygens (including phenoxy) is 1. The molecule has 0 aromatic carbocycles. The molecule has 1 saturated heterocycles. The summed E-state index contributed by atoms with van der Waals surface area (Å²) in [5.41, 5.74) is 6.15. The van der Waals surface area contributed by atoms with Crippen molar-refractivity contribution >= 4 is 5.91 Å². The van der Waals surface area contributed by atoms with Gasteiger partial charge in [-0.2, -0.15) is 0 Å². The van der Waals surface area contributed by atoms with Crippen molar-refractivity contribution in [2.45, 2.75) is 38.1 Å². The summed E-state index contributed by atoms with van der Waals surface area (Å²) in [6, 6.07) is 0. The van der Waals surface area contributed by atoms with Gasteiger partial charge in [0.1, 0.15) is 0 Å². The summed E-state index contributed by atoms with van der Waals surface area (Å²) < 4.78 is 5.21. The molecule has 2 fully saturated rings. The van der Waals surface area contributed by atoms with E-state index in [4.69, 9.17) is 10.5 Å². The Morgan fingerprint density at radius 3 is 2.75 bits per heavy atom. The Balaban J connectivity index is 1.61. The van der Waals surface area contributed by atoms with Crippen LogP contribution < -0.4 is 5.73 Å². The van der Waals surface area contributed by atoms with Crippen LogP contribution in [0.25, 0.3) is 0 Å². The maximum absolute atomic E-state index is 11.7. The second kappa shape index (κ2) is 4.72. The van der Waals surface area contributed by atoms with Gasteiger partial charge in [0.05, 0.1) is 5.54 Å². The third-order valence-corrected chi connectivity index (χ3v) is 3.60. The fraction of sp³-hybridized carbons (Fsp3) is 0.917. The van der Waals surface area contributed by atoms with Crippen LogP contribution in [0.1, 0.15) is 32.6 Å². The predicted molar refractivity (Wildman–Crippen MR) is 61.9 cm³/mol. The standard InChI is InChI=1S/C12H22N2O2/c1-2-16-7-3-4-11(15)14-8-12(13,9-14)10-5-6-10/h10H,2-9,13H2,1H3.